The van der Waals surface area contributed by atoms with Crippen molar-refractivity contribution in [2.45, 2.75) is 40.0 Å². The van der Waals surface area contributed by atoms with Gasteiger partial charge in [-0.1, -0.05) is 129 Å². The van der Waals surface area contributed by atoms with E-state index in [2.05, 4.69) is 117 Å². The van der Waals surface area contributed by atoms with Crippen molar-refractivity contribution in [3.05, 3.63) is 208 Å². The molecule has 0 radical (unpaired) electrons. The van der Waals surface area contributed by atoms with Crippen LogP contribution in [-0.4, -0.2) is 19.2 Å². The molecule has 0 atom stereocenters. The Morgan fingerprint density at radius 3 is 1.29 bits per heavy atom. The summed E-state index contributed by atoms with van der Waals surface area (Å²) in [4.78, 5) is 26.4. The molecule has 7 rings (SSSR count). The smallest absolute Gasteiger partial charge is 0.497 e. The van der Waals surface area contributed by atoms with Gasteiger partial charge >= 0.3 is 12.1 Å². The van der Waals surface area contributed by atoms with Gasteiger partial charge in [0.2, 0.25) is 0 Å². The third kappa shape index (κ3) is 10.7. The average molecular weight is 820 g/mol. The maximum absolute atomic E-state index is 12.7. The van der Waals surface area contributed by atoms with Gasteiger partial charge in [0.05, 0.1) is 7.11 Å². The molecule has 0 amide bonds. The van der Waals surface area contributed by atoms with Crippen LogP contribution in [-0.2, 0) is 10.2 Å². The van der Waals surface area contributed by atoms with Crippen LogP contribution in [0.3, 0.4) is 0 Å². The van der Waals surface area contributed by atoms with E-state index in [-0.39, 0.29) is 11.4 Å². The minimum atomic E-state index is -0.825. The van der Waals surface area contributed by atoms with Crippen molar-refractivity contribution >= 4 is 53.5 Å². The van der Waals surface area contributed by atoms with Crippen LogP contribution in [0.5, 0.6) is 23.0 Å². The van der Waals surface area contributed by atoms with Gasteiger partial charge in [0.15, 0.2) is 0 Å². The number of hydrogen-bond donors (Lipinski definition) is 0. The number of hydrogen-bond acceptors (Lipinski definition) is 7. The number of carbonyl (C=O) groups excluding carboxylic acids is 2. The molecule has 7 aromatic rings. The number of esters is 1. The summed E-state index contributed by atoms with van der Waals surface area (Å²) in [5.41, 5.74) is 11.2. The third-order valence-corrected chi connectivity index (χ3v) is 10.7. The van der Waals surface area contributed by atoms with Gasteiger partial charge in [-0.25, -0.2) is 4.79 Å². The summed E-state index contributed by atoms with van der Waals surface area (Å²) < 4.78 is 21.5. The number of benzene rings is 7. The van der Waals surface area contributed by atoms with E-state index in [9.17, 15) is 9.59 Å². The van der Waals surface area contributed by atoms with E-state index in [1.165, 1.54) is 12.5 Å². The van der Waals surface area contributed by atoms with Crippen LogP contribution < -0.4 is 23.8 Å². The van der Waals surface area contributed by atoms with Crippen molar-refractivity contribution in [3.63, 3.8) is 0 Å². The highest BCUT2D eigenvalue weighted by atomic mass is 16.7. The Morgan fingerprint density at radius 2 is 0.871 bits per heavy atom. The lowest BCUT2D eigenvalue weighted by molar-refractivity contribution is -0.131. The van der Waals surface area contributed by atoms with Crippen molar-refractivity contribution in [1.82, 2.24) is 0 Å². The molecule has 0 unspecified atom stereocenters. The van der Waals surface area contributed by atoms with E-state index in [4.69, 9.17) is 18.9 Å². The van der Waals surface area contributed by atoms with E-state index in [1.54, 1.807) is 31.4 Å². The van der Waals surface area contributed by atoms with Crippen LogP contribution in [0, 0.1) is 13.8 Å². The zero-order valence-electron chi connectivity index (χ0n) is 35.8. The molecule has 62 heavy (non-hydrogen) atoms. The molecular weight excluding hydrogens is 771 g/mol. The van der Waals surface area contributed by atoms with Crippen LogP contribution in [0.4, 0.5) is 21.9 Å². The molecule has 0 fully saturated rings. The Bertz CT molecular complexity index is 2680. The zero-order valence-corrected chi connectivity index (χ0v) is 35.8. The average Bonchev–Trinajstić information content (AvgIpc) is 3.28. The highest BCUT2D eigenvalue weighted by molar-refractivity contribution is 5.80. The molecule has 7 aromatic carbocycles. The Labute approximate surface area is 364 Å². The zero-order chi connectivity index (χ0) is 43.6. The van der Waals surface area contributed by atoms with Crippen molar-refractivity contribution in [3.8, 4) is 23.0 Å². The van der Waals surface area contributed by atoms with Crippen molar-refractivity contribution in [2.24, 2.45) is 0 Å². The first-order chi connectivity index (χ1) is 29.9. The summed E-state index contributed by atoms with van der Waals surface area (Å²) >= 11 is 0. The fourth-order valence-corrected chi connectivity index (χ4v) is 6.98. The lowest BCUT2D eigenvalue weighted by Crippen LogP contribution is -2.19. The second-order valence-electron chi connectivity index (χ2n) is 15.5. The monoisotopic (exact) mass is 819 g/mol. The maximum Gasteiger partial charge on any atom is 0.519 e. The van der Waals surface area contributed by atoms with Gasteiger partial charge in [0.25, 0.3) is 0 Å². The first kappa shape index (κ1) is 42.5. The second kappa shape index (κ2) is 19.2. The molecule has 0 saturated heterocycles. The molecule has 0 aliphatic rings. The molecule has 0 bridgehead atoms. The summed E-state index contributed by atoms with van der Waals surface area (Å²) in [5, 5.41) is 0. The summed E-state index contributed by atoms with van der Waals surface area (Å²) in [6, 6.07) is 54.0. The fraction of sp³-hybridized carbons (Fsp3) is 0.127. The van der Waals surface area contributed by atoms with Gasteiger partial charge in [0.1, 0.15) is 23.0 Å². The number of methoxy groups -OCH3 is 1. The molecule has 0 aliphatic carbocycles. The van der Waals surface area contributed by atoms with E-state index in [1.807, 2.05) is 79.7 Å². The van der Waals surface area contributed by atoms with E-state index >= 15 is 0 Å². The van der Waals surface area contributed by atoms with Crippen LogP contribution >= 0.6 is 0 Å². The Balaban J connectivity index is 0.958. The van der Waals surface area contributed by atoms with Crippen molar-refractivity contribution in [2.75, 3.05) is 12.0 Å². The molecule has 310 valence electrons. The van der Waals surface area contributed by atoms with Gasteiger partial charge in [0, 0.05) is 29.4 Å². The molecule has 0 aliphatic heterocycles. The van der Waals surface area contributed by atoms with Gasteiger partial charge in [-0.2, -0.15) is 0 Å². The topological polar surface area (TPSA) is 74.3 Å². The maximum atomic E-state index is 12.7. The molecule has 0 heterocycles. The number of ether oxygens (including phenoxy) is 4. The summed E-state index contributed by atoms with van der Waals surface area (Å²) in [7, 11) is 1.67. The third-order valence-electron chi connectivity index (χ3n) is 10.7. The number of aryl methyl sites for hydroxylation is 2. The molecule has 7 nitrogen and oxygen atoms in total. The van der Waals surface area contributed by atoms with Crippen LogP contribution in [0.1, 0.15) is 65.3 Å². The van der Waals surface area contributed by atoms with Crippen LogP contribution in [0.25, 0.3) is 24.3 Å². The number of anilines is 3. The Morgan fingerprint density at radius 1 is 0.484 bits per heavy atom. The molecule has 0 spiro atoms. The molecule has 0 N–H and O–H groups in total. The largest absolute Gasteiger partial charge is 0.519 e. The molecule has 0 saturated carbocycles. The predicted molar refractivity (Wildman–Crippen MR) is 251 cm³/mol. The molecule has 7 heteroatoms. The van der Waals surface area contributed by atoms with Gasteiger partial charge in [-0.15, -0.1) is 0 Å². The summed E-state index contributed by atoms with van der Waals surface area (Å²) in [5.74, 6) is 1.78. The molecular formula is C55H49NO6. The molecule has 0 aromatic heterocycles. The first-order valence-electron chi connectivity index (χ1n) is 20.4. The van der Waals surface area contributed by atoms with Gasteiger partial charge in [-0.05, 0) is 132 Å². The van der Waals surface area contributed by atoms with Gasteiger partial charge < -0.3 is 23.8 Å². The predicted octanol–water partition coefficient (Wildman–Crippen LogP) is 14.0. The quantitative estimate of drug-likeness (QED) is 0.0496. The van der Waals surface area contributed by atoms with E-state index in [0.29, 0.717) is 17.2 Å². The summed E-state index contributed by atoms with van der Waals surface area (Å²) in [6.07, 6.45) is 7.46. The van der Waals surface area contributed by atoms with Crippen molar-refractivity contribution < 1.29 is 28.5 Å². The highest BCUT2D eigenvalue weighted by Gasteiger charge is 2.24. The normalized spacial score (nSPS) is 11.4. The Kier molecular flexibility index (Phi) is 13.1. The first-order valence-corrected chi connectivity index (χ1v) is 20.4. The highest BCUT2D eigenvalue weighted by Crippen LogP contribution is 2.37. The lowest BCUT2D eigenvalue weighted by Gasteiger charge is -2.27. The van der Waals surface area contributed by atoms with E-state index < -0.39 is 6.16 Å². The Hall–Kier alpha value is -7.64. The number of carbonyl (C=O) groups is 2. The number of nitrogens with zero attached hydrogens (tertiary/aromatic N) is 1. The fourth-order valence-electron chi connectivity index (χ4n) is 6.98. The van der Waals surface area contributed by atoms with E-state index in [0.717, 1.165) is 61.8 Å². The van der Waals surface area contributed by atoms with Crippen molar-refractivity contribution in [1.29, 1.82) is 0 Å². The van der Waals surface area contributed by atoms with Crippen LogP contribution in [0.2, 0.25) is 0 Å². The SMILES string of the molecule is COc1ccc(C=Cc2ccc(N(c3ccc(C)cc3)c3ccc(C=Cc4ccc(OC(=O)Oc5ccc(C(C)(C)c6ccc(OC(C)=O)c(C)c6)cc5)cc4)cc3)cc2)cc1. The van der Waals surface area contributed by atoms with Crippen LogP contribution in [0.15, 0.2) is 164 Å². The summed E-state index contributed by atoms with van der Waals surface area (Å²) in [6.45, 7) is 9.62. The second-order valence-corrected chi connectivity index (χ2v) is 15.5. The standard InChI is InChI=1S/C55H49NO6/c1-38-7-24-47(25-8-38)56(48-26-13-41(14-27-48)9-11-43-17-30-50(59-6)31-18-43)49-28-15-42(16-29-49)10-12-44-19-32-51(33-20-44)61-54(58)62-52-34-21-45(22-35-52)55(4,5)46-23-36-53(39(2)37-46)60-40(3)57/h7-37H,1-6H3. The van der Waals surface area contributed by atoms with Gasteiger partial charge in [-0.3, -0.25) is 4.79 Å². The minimum Gasteiger partial charge on any atom is -0.497 e. The lowest BCUT2D eigenvalue weighted by atomic mass is 9.77. The number of rotatable bonds is 13. The minimum absolute atomic E-state index is 0.353.